The number of nitrogens with zero attached hydrogens (tertiary/aromatic N) is 2. The van der Waals surface area contributed by atoms with E-state index in [9.17, 15) is 9.90 Å². The van der Waals surface area contributed by atoms with E-state index in [4.69, 9.17) is 9.47 Å². The number of aromatic nitrogens is 1. The number of ether oxygens (including phenoxy) is 2. The van der Waals surface area contributed by atoms with Crippen molar-refractivity contribution in [1.29, 1.82) is 0 Å². The van der Waals surface area contributed by atoms with Crippen LogP contribution >= 0.6 is 0 Å². The lowest BCUT2D eigenvalue weighted by atomic mass is 9.98. The molecule has 0 spiro atoms. The van der Waals surface area contributed by atoms with Crippen molar-refractivity contribution < 1.29 is 19.4 Å². The Morgan fingerprint density at radius 2 is 2.04 bits per heavy atom. The predicted molar refractivity (Wildman–Crippen MR) is 92.8 cm³/mol. The zero-order valence-electron chi connectivity index (χ0n) is 14.4. The maximum absolute atomic E-state index is 12.8. The zero-order valence-corrected chi connectivity index (χ0v) is 14.4. The molecule has 132 valence electrons. The molecular formula is C18H21N3O4. The largest absolute Gasteiger partial charge is 0.494 e. The number of carbonyl (C=O) groups is 1. The highest BCUT2D eigenvalue weighted by Gasteiger charge is 2.38. The van der Waals surface area contributed by atoms with Crippen LogP contribution in [0, 0.1) is 0 Å². The summed E-state index contributed by atoms with van der Waals surface area (Å²) in [6.45, 7) is 1.04. The lowest BCUT2D eigenvalue weighted by Gasteiger charge is -2.33. The van der Waals surface area contributed by atoms with Crippen LogP contribution in [0.5, 0.6) is 5.75 Å². The van der Waals surface area contributed by atoms with E-state index in [1.165, 1.54) is 7.11 Å². The molecule has 0 bridgehead atoms. The summed E-state index contributed by atoms with van der Waals surface area (Å²) < 4.78 is 12.5. The molecule has 2 N–H and O–H groups in total. The lowest BCUT2D eigenvalue weighted by Crippen LogP contribution is -2.49. The number of amides is 1. The number of para-hydroxylation sites is 1. The van der Waals surface area contributed by atoms with Crippen molar-refractivity contribution in [1.82, 2.24) is 9.88 Å². The number of nitrogens with one attached hydrogen (secondary N) is 1. The normalized spacial score (nSPS) is 19.0. The topological polar surface area (TPSA) is 76.0 Å². The molecule has 1 amide bonds. The number of methoxy groups -OCH3 is 1. The van der Waals surface area contributed by atoms with Crippen molar-refractivity contribution in [3.8, 4) is 17.0 Å². The smallest absolute Gasteiger partial charge is 0.272 e. The molecule has 0 radical (unpaired) electrons. The summed E-state index contributed by atoms with van der Waals surface area (Å²) in [5.74, 6) is 0.179. The van der Waals surface area contributed by atoms with Crippen molar-refractivity contribution in [2.45, 2.75) is 12.3 Å². The van der Waals surface area contributed by atoms with E-state index >= 15 is 0 Å². The first-order chi connectivity index (χ1) is 12.0. The number of rotatable bonds is 3. The van der Waals surface area contributed by atoms with E-state index in [0.717, 1.165) is 16.9 Å². The van der Waals surface area contributed by atoms with Gasteiger partial charge in [-0.25, -0.2) is 0 Å². The SMILES string of the molecule is COc1c2c(n(C)c1C(=O)NC1COC1)-c1ccccc1N(C)C2O. The van der Waals surface area contributed by atoms with E-state index in [0.29, 0.717) is 30.2 Å². The second kappa shape index (κ2) is 5.79. The first-order valence-electron chi connectivity index (χ1n) is 8.20. The highest BCUT2D eigenvalue weighted by atomic mass is 16.5. The van der Waals surface area contributed by atoms with Gasteiger partial charge in [-0.2, -0.15) is 0 Å². The summed E-state index contributed by atoms with van der Waals surface area (Å²) in [5.41, 5.74) is 3.68. The third-order valence-corrected chi connectivity index (χ3v) is 4.94. The van der Waals surface area contributed by atoms with Crippen LogP contribution in [-0.2, 0) is 11.8 Å². The van der Waals surface area contributed by atoms with Gasteiger partial charge in [0, 0.05) is 25.3 Å². The van der Waals surface area contributed by atoms with Crippen LogP contribution in [0.4, 0.5) is 5.69 Å². The fourth-order valence-corrected chi connectivity index (χ4v) is 3.59. The van der Waals surface area contributed by atoms with Crippen molar-refractivity contribution in [2.75, 3.05) is 32.3 Å². The number of benzene rings is 1. The van der Waals surface area contributed by atoms with Gasteiger partial charge in [-0.15, -0.1) is 0 Å². The Kier molecular flexibility index (Phi) is 3.70. The minimum atomic E-state index is -0.889. The quantitative estimate of drug-likeness (QED) is 0.878. The molecular weight excluding hydrogens is 322 g/mol. The molecule has 3 heterocycles. The molecule has 7 nitrogen and oxygen atoms in total. The molecule has 2 aliphatic heterocycles. The molecule has 1 unspecified atom stereocenters. The number of carbonyl (C=O) groups excluding carboxylic acids is 1. The van der Waals surface area contributed by atoms with Gasteiger partial charge in [0.1, 0.15) is 5.69 Å². The van der Waals surface area contributed by atoms with Gasteiger partial charge in [-0.3, -0.25) is 4.79 Å². The molecule has 25 heavy (non-hydrogen) atoms. The number of anilines is 1. The van der Waals surface area contributed by atoms with Crippen LogP contribution in [0.15, 0.2) is 24.3 Å². The van der Waals surface area contributed by atoms with E-state index < -0.39 is 6.23 Å². The minimum Gasteiger partial charge on any atom is -0.494 e. The number of hydrogen-bond acceptors (Lipinski definition) is 5. The second-order valence-corrected chi connectivity index (χ2v) is 6.41. The van der Waals surface area contributed by atoms with Crippen molar-refractivity contribution in [3.63, 3.8) is 0 Å². The maximum Gasteiger partial charge on any atom is 0.272 e. The maximum atomic E-state index is 12.8. The monoisotopic (exact) mass is 343 g/mol. The molecule has 1 aromatic heterocycles. The lowest BCUT2D eigenvalue weighted by molar-refractivity contribution is -0.00364. The van der Waals surface area contributed by atoms with Gasteiger partial charge in [0.25, 0.3) is 5.91 Å². The fraction of sp³-hybridized carbons (Fsp3) is 0.389. The van der Waals surface area contributed by atoms with E-state index in [-0.39, 0.29) is 11.9 Å². The Hall–Kier alpha value is -2.51. The van der Waals surface area contributed by atoms with Gasteiger partial charge < -0.3 is 29.4 Å². The van der Waals surface area contributed by atoms with Gasteiger partial charge in [0.15, 0.2) is 12.0 Å². The van der Waals surface area contributed by atoms with Crippen molar-refractivity contribution >= 4 is 11.6 Å². The molecule has 1 fully saturated rings. The summed E-state index contributed by atoms with van der Waals surface area (Å²) in [6, 6.07) is 7.82. The fourth-order valence-electron chi connectivity index (χ4n) is 3.59. The third-order valence-electron chi connectivity index (χ3n) is 4.94. The van der Waals surface area contributed by atoms with Crippen LogP contribution in [0.2, 0.25) is 0 Å². The van der Waals surface area contributed by atoms with Gasteiger partial charge in [0.2, 0.25) is 0 Å². The van der Waals surface area contributed by atoms with Crippen molar-refractivity contribution in [2.24, 2.45) is 7.05 Å². The number of aliphatic hydroxyl groups is 1. The molecule has 0 aliphatic carbocycles. The molecule has 2 aliphatic rings. The number of fused-ring (bicyclic) bond motifs is 3. The standard InChI is InChI=1S/C18H21N3O4/c1-20-12-7-5-4-6-11(12)14-13(18(20)23)16(24-3)15(21(14)2)17(22)19-10-8-25-9-10/h4-7,10,18,23H,8-9H2,1-3H3,(H,19,22). The highest BCUT2D eigenvalue weighted by Crippen LogP contribution is 2.48. The van der Waals surface area contributed by atoms with Gasteiger partial charge in [-0.05, 0) is 6.07 Å². The highest BCUT2D eigenvalue weighted by molar-refractivity contribution is 5.99. The molecule has 7 heteroatoms. The third kappa shape index (κ3) is 2.23. The van der Waals surface area contributed by atoms with Crippen LogP contribution in [0.1, 0.15) is 22.3 Å². The number of aliphatic hydroxyl groups excluding tert-OH is 1. The van der Waals surface area contributed by atoms with Crippen LogP contribution in [0.3, 0.4) is 0 Å². The Labute approximate surface area is 145 Å². The predicted octanol–water partition coefficient (Wildman–Crippen LogP) is 1.27. The summed E-state index contributed by atoms with van der Waals surface area (Å²) in [6.07, 6.45) is -0.889. The second-order valence-electron chi connectivity index (χ2n) is 6.41. The first-order valence-corrected chi connectivity index (χ1v) is 8.20. The van der Waals surface area contributed by atoms with E-state index in [2.05, 4.69) is 5.32 Å². The Bertz CT molecular complexity index is 841. The first kappa shape index (κ1) is 16.0. The molecule has 0 saturated carbocycles. The summed E-state index contributed by atoms with van der Waals surface area (Å²) in [4.78, 5) is 14.6. The molecule has 1 atom stereocenters. The van der Waals surface area contributed by atoms with E-state index in [1.807, 2.05) is 38.4 Å². The summed E-state index contributed by atoms with van der Waals surface area (Å²) in [7, 11) is 5.17. The molecule has 2 aromatic rings. The van der Waals surface area contributed by atoms with Crippen LogP contribution in [0.25, 0.3) is 11.3 Å². The zero-order chi connectivity index (χ0) is 17.7. The molecule has 1 aromatic carbocycles. The van der Waals surface area contributed by atoms with Gasteiger partial charge in [-0.1, -0.05) is 18.2 Å². The summed E-state index contributed by atoms with van der Waals surface area (Å²) >= 11 is 0. The Balaban J connectivity index is 1.89. The van der Waals surface area contributed by atoms with Crippen LogP contribution in [-0.4, -0.2) is 49.0 Å². The number of hydrogen-bond donors (Lipinski definition) is 2. The Morgan fingerprint density at radius 3 is 2.68 bits per heavy atom. The van der Waals surface area contributed by atoms with Gasteiger partial charge in [0.05, 0.1) is 37.6 Å². The van der Waals surface area contributed by atoms with E-state index in [1.54, 1.807) is 9.47 Å². The molecule has 4 rings (SSSR count). The Morgan fingerprint density at radius 1 is 1.32 bits per heavy atom. The average Bonchev–Trinajstić information content (AvgIpc) is 2.88. The summed E-state index contributed by atoms with van der Waals surface area (Å²) in [5, 5.41) is 13.8. The van der Waals surface area contributed by atoms with Crippen molar-refractivity contribution in [3.05, 3.63) is 35.5 Å². The minimum absolute atomic E-state index is 0.0176. The van der Waals surface area contributed by atoms with Gasteiger partial charge >= 0.3 is 0 Å². The average molecular weight is 343 g/mol. The molecule has 1 saturated heterocycles. The van der Waals surface area contributed by atoms with Crippen LogP contribution < -0.4 is 15.0 Å².